The van der Waals surface area contributed by atoms with Crippen LogP contribution in [0.5, 0.6) is 0 Å². The highest BCUT2D eigenvalue weighted by atomic mass is 16.1. The van der Waals surface area contributed by atoms with Crippen LogP contribution in [-0.2, 0) is 0 Å². The van der Waals surface area contributed by atoms with Crippen LogP contribution >= 0.6 is 0 Å². The molecule has 0 amide bonds. The molecule has 0 unspecified atom stereocenters. The summed E-state index contributed by atoms with van der Waals surface area (Å²) in [5.41, 5.74) is 8.47. The second kappa shape index (κ2) is 16.8. The second-order valence-electron chi connectivity index (χ2n) is 4.94. The lowest BCUT2D eigenvalue weighted by Crippen LogP contribution is -2.01. The molecule has 0 aliphatic carbocycles. The van der Waals surface area contributed by atoms with Gasteiger partial charge < -0.3 is 11.1 Å². The molecule has 2 aromatic carbocycles. The van der Waals surface area contributed by atoms with Gasteiger partial charge in [0.15, 0.2) is 11.6 Å². The summed E-state index contributed by atoms with van der Waals surface area (Å²) < 4.78 is 0. The molecule has 0 saturated carbocycles. The molecule has 0 atom stereocenters. The number of benzene rings is 2. The number of nitrogen functional groups attached to an aromatic ring is 1. The van der Waals surface area contributed by atoms with Crippen molar-refractivity contribution in [1.82, 2.24) is 0 Å². The summed E-state index contributed by atoms with van der Waals surface area (Å²) in [6, 6.07) is 14.7. The van der Waals surface area contributed by atoms with E-state index in [1.54, 1.807) is 12.1 Å². The van der Waals surface area contributed by atoms with E-state index in [1.165, 1.54) is 0 Å². The van der Waals surface area contributed by atoms with E-state index >= 15 is 0 Å². The zero-order valence-electron chi connectivity index (χ0n) is 17.9. The van der Waals surface area contributed by atoms with E-state index in [9.17, 15) is 9.59 Å². The molecular formula is C23H36N2O2. The fraction of sp³-hybridized carbons (Fsp3) is 0.391. The standard InChI is InChI=1S/C10H13NO.C9H11NO.2C2H6/c1-3-10(12)8-6-4-5-7-9(8)11-2;1-2-9(11)7-5-3-4-6-8(7)10;2*1-2/h4-7,11H,3H2,1-2H3;3-6H,2,10H2,1H3;2*1-2H3. The van der Waals surface area contributed by atoms with Crippen molar-refractivity contribution in [3.8, 4) is 0 Å². The van der Waals surface area contributed by atoms with Crippen LogP contribution in [0.2, 0.25) is 0 Å². The normalized spacial score (nSPS) is 8.56. The van der Waals surface area contributed by atoms with Gasteiger partial charge in [-0.05, 0) is 24.3 Å². The van der Waals surface area contributed by atoms with Crippen molar-refractivity contribution in [1.29, 1.82) is 0 Å². The molecule has 2 rings (SSSR count). The van der Waals surface area contributed by atoms with Crippen molar-refractivity contribution in [2.45, 2.75) is 54.4 Å². The number of nitrogens with two attached hydrogens (primary N) is 1. The number of carbonyl (C=O) groups excluding carboxylic acids is 2. The van der Waals surface area contributed by atoms with Crippen molar-refractivity contribution >= 4 is 22.9 Å². The van der Waals surface area contributed by atoms with E-state index in [-0.39, 0.29) is 11.6 Å². The Morgan fingerprint density at radius 1 is 0.778 bits per heavy atom. The average Bonchev–Trinajstić information content (AvgIpc) is 2.76. The third-order valence-electron chi connectivity index (χ3n) is 3.40. The number of anilines is 2. The Labute approximate surface area is 165 Å². The number of Topliss-reactive ketones (excluding diaryl/α,β-unsaturated/α-hetero) is 2. The van der Waals surface area contributed by atoms with Gasteiger partial charge in [0, 0.05) is 42.4 Å². The first kappa shape index (κ1) is 26.6. The molecule has 0 aliphatic heterocycles. The lowest BCUT2D eigenvalue weighted by molar-refractivity contribution is 0.0981. The Morgan fingerprint density at radius 3 is 1.63 bits per heavy atom. The fourth-order valence-corrected chi connectivity index (χ4v) is 2.08. The minimum atomic E-state index is 0.100. The lowest BCUT2D eigenvalue weighted by Gasteiger charge is -2.05. The monoisotopic (exact) mass is 372 g/mol. The molecule has 0 saturated heterocycles. The van der Waals surface area contributed by atoms with E-state index in [1.807, 2.05) is 85.0 Å². The molecule has 4 nitrogen and oxygen atoms in total. The van der Waals surface area contributed by atoms with Crippen LogP contribution in [0.15, 0.2) is 48.5 Å². The van der Waals surface area contributed by atoms with Gasteiger partial charge in [-0.1, -0.05) is 65.8 Å². The second-order valence-corrected chi connectivity index (χ2v) is 4.94. The van der Waals surface area contributed by atoms with Crippen molar-refractivity contribution in [2.24, 2.45) is 0 Å². The number of rotatable bonds is 5. The molecule has 150 valence electrons. The number of ketones is 2. The maximum atomic E-state index is 11.4. The number of hydrogen-bond acceptors (Lipinski definition) is 4. The number of hydrogen-bond donors (Lipinski definition) is 2. The number of nitrogens with one attached hydrogen (secondary N) is 1. The van der Waals surface area contributed by atoms with Crippen molar-refractivity contribution < 1.29 is 9.59 Å². The average molecular weight is 373 g/mol. The van der Waals surface area contributed by atoms with Gasteiger partial charge in [0.05, 0.1) is 0 Å². The Balaban J connectivity index is 0. The van der Waals surface area contributed by atoms with Crippen LogP contribution in [0.25, 0.3) is 0 Å². The highest BCUT2D eigenvalue weighted by molar-refractivity contribution is 6.01. The highest BCUT2D eigenvalue weighted by Crippen LogP contribution is 2.15. The summed E-state index contributed by atoms with van der Waals surface area (Å²) in [6.45, 7) is 11.7. The van der Waals surface area contributed by atoms with Gasteiger partial charge in [-0.25, -0.2) is 0 Å². The molecule has 0 fully saturated rings. The molecule has 0 aliphatic rings. The molecule has 0 radical (unpaired) electrons. The minimum Gasteiger partial charge on any atom is -0.398 e. The largest absolute Gasteiger partial charge is 0.398 e. The van der Waals surface area contributed by atoms with Crippen molar-refractivity contribution in [3.05, 3.63) is 59.7 Å². The summed E-state index contributed by atoms with van der Waals surface area (Å²) in [4.78, 5) is 22.5. The molecule has 2 aromatic rings. The van der Waals surface area contributed by atoms with Crippen molar-refractivity contribution in [3.63, 3.8) is 0 Å². The summed E-state index contributed by atoms with van der Waals surface area (Å²) in [6.07, 6.45) is 1.06. The summed E-state index contributed by atoms with van der Waals surface area (Å²) >= 11 is 0. The summed E-state index contributed by atoms with van der Waals surface area (Å²) in [5, 5.41) is 2.99. The molecule has 4 heteroatoms. The Morgan fingerprint density at radius 2 is 1.19 bits per heavy atom. The first-order chi connectivity index (χ1) is 13.0. The molecule has 27 heavy (non-hydrogen) atoms. The third kappa shape index (κ3) is 9.59. The predicted octanol–water partition coefficient (Wildman–Crippen LogP) is 6.23. The number of carbonyl (C=O) groups is 2. The maximum absolute atomic E-state index is 11.4. The third-order valence-corrected chi connectivity index (χ3v) is 3.40. The Kier molecular flexibility index (Phi) is 16.6. The van der Waals surface area contributed by atoms with Gasteiger partial charge in [0.2, 0.25) is 0 Å². The SMILES string of the molecule is CC.CC.CCC(=O)c1ccccc1N.CCC(=O)c1ccccc1NC. The molecular weight excluding hydrogens is 336 g/mol. The smallest absolute Gasteiger partial charge is 0.164 e. The van der Waals surface area contributed by atoms with E-state index in [4.69, 9.17) is 5.73 Å². The molecule has 0 heterocycles. The topological polar surface area (TPSA) is 72.2 Å². The summed E-state index contributed by atoms with van der Waals surface area (Å²) in [5.74, 6) is 0.281. The minimum absolute atomic E-state index is 0.100. The van der Waals surface area contributed by atoms with Crippen LogP contribution in [0, 0.1) is 0 Å². The van der Waals surface area contributed by atoms with Crippen LogP contribution in [-0.4, -0.2) is 18.6 Å². The first-order valence-electron chi connectivity index (χ1n) is 9.72. The van der Waals surface area contributed by atoms with Gasteiger partial charge in [-0.15, -0.1) is 0 Å². The molecule has 3 N–H and O–H groups in total. The van der Waals surface area contributed by atoms with Gasteiger partial charge in [0.1, 0.15) is 0 Å². The first-order valence-corrected chi connectivity index (χ1v) is 9.72. The molecule has 0 bridgehead atoms. The fourth-order valence-electron chi connectivity index (χ4n) is 2.08. The van der Waals surface area contributed by atoms with Crippen LogP contribution in [0.1, 0.15) is 75.1 Å². The molecule has 0 aromatic heterocycles. The van der Waals surface area contributed by atoms with E-state index < -0.39 is 0 Å². The zero-order valence-corrected chi connectivity index (χ0v) is 17.9. The highest BCUT2D eigenvalue weighted by Gasteiger charge is 2.06. The maximum Gasteiger partial charge on any atom is 0.164 e. The summed E-state index contributed by atoms with van der Waals surface area (Å²) in [7, 11) is 1.82. The van der Waals surface area contributed by atoms with E-state index in [0.29, 0.717) is 24.1 Å². The number of para-hydroxylation sites is 2. The molecule has 0 spiro atoms. The quantitative estimate of drug-likeness (QED) is 0.481. The van der Waals surface area contributed by atoms with Crippen molar-refractivity contribution in [2.75, 3.05) is 18.1 Å². The zero-order chi connectivity index (χ0) is 21.2. The van der Waals surface area contributed by atoms with Gasteiger partial charge in [0.25, 0.3) is 0 Å². The van der Waals surface area contributed by atoms with Crippen LogP contribution in [0.4, 0.5) is 11.4 Å². The lowest BCUT2D eigenvalue weighted by atomic mass is 10.1. The van der Waals surface area contributed by atoms with E-state index in [2.05, 4.69) is 5.32 Å². The Hall–Kier alpha value is -2.62. The van der Waals surface area contributed by atoms with Gasteiger partial charge in [-0.3, -0.25) is 9.59 Å². The Bertz CT molecular complexity index is 667. The predicted molar refractivity (Wildman–Crippen MR) is 119 cm³/mol. The van der Waals surface area contributed by atoms with E-state index in [0.717, 1.165) is 11.3 Å². The van der Waals surface area contributed by atoms with Gasteiger partial charge >= 0.3 is 0 Å². The van der Waals surface area contributed by atoms with Crippen LogP contribution < -0.4 is 11.1 Å². The van der Waals surface area contributed by atoms with Crippen LogP contribution in [0.3, 0.4) is 0 Å². The van der Waals surface area contributed by atoms with Gasteiger partial charge in [-0.2, -0.15) is 0 Å².